The molecule has 0 saturated heterocycles. The van der Waals surface area contributed by atoms with Crippen LogP contribution in [0.3, 0.4) is 0 Å². The number of hydrogen-bond acceptors (Lipinski definition) is 4. The molecule has 0 radical (unpaired) electrons. The zero-order valence-electron chi connectivity index (χ0n) is 21.0. The van der Waals surface area contributed by atoms with Crippen LogP contribution in [0.25, 0.3) is 0 Å². The molecule has 3 rings (SSSR count). The summed E-state index contributed by atoms with van der Waals surface area (Å²) in [6.45, 7) is 11.9. The summed E-state index contributed by atoms with van der Waals surface area (Å²) in [5, 5.41) is 2.90. The molecule has 1 aliphatic heterocycles. The molecule has 2 aromatic rings. The molecular formula is C26H35Cl2N3O3S. The molecule has 0 spiro atoms. The summed E-state index contributed by atoms with van der Waals surface area (Å²) in [5.41, 5.74) is 3.81. The molecule has 2 aromatic carbocycles. The van der Waals surface area contributed by atoms with Crippen molar-refractivity contribution in [3.8, 4) is 0 Å². The number of aryl methyl sites for hydroxylation is 1. The van der Waals surface area contributed by atoms with E-state index in [1.165, 1.54) is 43.1 Å². The molecule has 6 nitrogen and oxygen atoms in total. The molecule has 9 heteroatoms. The van der Waals surface area contributed by atoms with Gasteiger partial charge in [0.05, 0.1) is 5.02 Å². The Labute approximate surface area is 219 Å². The van der Waals surface area contributed by atoms with E-state index in [2.05, 4.69) is 44.0 Å². The molecule has 0 aromatic heterocycles. The minimum atomic E-state index is -4.20. The summed E-state index contributed by atoms with van der Waals surface area (Å²) >= 11 is 11.9. The van der Waals surface area contributed by atoms with Gasteiger partial charge < -0.3 is 10.2 Å². The smallest absolute Gasteiger partial charge is 0.333 e. The second-order valence-corrected chi connectivity index (χ2v) is 12.5. The number of benzene rings is 2. The maximum atomic E-state index is 12.7. The van der Waals surface area contributed by atoms with Gasteiger partial charge in [-0.05, 0) is 81.0 Å². The Hall–Kier alpha value is -1.96. The van der Waals surface area contributed by atoms with Crippen LogP contribution in [0.1, 0.15) is 76.8 Å². The molecule has 0 aliphatic carbocycles. The Morgan fingerprint density at radius 3 is 2.54 bits per heavy atom. The van der Waals surface area contributed by atoms with Crippen LogP contribution in [-0.2, 0) is 10.0 Å². The van der Waals surface area contributed by atoms with Crippen molar-refractivity contribution in [2.45, 2.75) is 83.1 Å². The molecule has 0 bridgehead atoms. The van der Waals surface area contributed by atoms with Gasteiger partial charge in [0, 0.05) is 28.5 Å². The van der Waals surface area contributed by atoms with Crippen LogP contribution in [0.4, 0.5) is 16.2 Å². The summed E-state index contributed by atoms with van der Waals surface area (Å²) in [7, 11) is -4.20. The van der Waals surface area contributed by atoms with E-state index < -0.39 is 16.1 Å². The normalized spacial score (nSPS) is 17.1. The first kappa shape index (κ1) is 27.6. The number of nitrogens with zero attached hydrogens (tertiary/aromatic N) is 1. The first-order valence-electron chi connectivity index (χ1n) is 12.1. The number of carbonyl (C=O) groups excluding carboxylic acids is 1. The summed E-state index contributed by atoms with van der Waals surface area (Å²) < 4.78 is 27.5. The van der Waals surface area contributed by atoms with E-state index in [4.69, 9.17) is 23.2 Å². The third-order valence-electron chi connectivity index (χ3n) is 6.63. The predicted octanol–water partition coefficient (Wildman–Crippen LogP) is 7.48. The quantitative estimate of drug-likeness (QED) is 0.340. The third kappa shape index (κ3) is 6.43. The molecule has 2 N–H and O–H groups in total. The van der Waals surface area contributed by atoms with Crippen LogP contribution in [-0.4, -0.2) is 26.5 Å². The van der Waals surface area contributed by atoms with Gasteiger partial charge in [-0.25, -0.2) is 17.9 Å². The monoisotopic (exact) mass is 539 g/mol. The van der Waals surface area contributed by atoms with Crippen LogP contribution in [0.5, 0.6) is 0 Å². The number of nitrogens with one attached hydrogen (secondary N) is 2. The van der Waals surface area contributed by atoms with Gasteiger partial charge in [-0.1, -0.05) is 56.3 Å². The van der Waals surface area contributed by atoms with Gasteiger partial charge >= 0.3 is 6.03 Å². The lowest BCUT2D eigenvalue weighted by Gasteiger charge is -2.48. The number of rotatable bonds is 8. The van der Waals surface area contributed by atoms with Crippen molar-refractivity contribution in [2.24, 2.45) is 0 Å². The predicted molar refractivity (Wildman–Crippen MR) is 146 cm³/mol. The van der Waals surface area contributed by atoms with E-state index in [-0.39, 0.29) is 20.5 Å². The van der Waals surface area contributed by atoms with Crippen molar-refractivity contribution in [2.75, 3.05) is 16.8 Å². The maximum absolute atomic E-state index is 12.7. The van der Waals surface area contributed by atoms with Crippen LogP contribution < -0.4 is 14.9 Å². The molecule has 1 unspecified atom stereocenters. The standard InChI is InChI=1S/C26H35Cl2N3O3S/c1-6-7-8-9-12-31-23-13-17(2)22(15-20(23)18(3)16-26(31,4)5)29-25(32)30-35(33,34)24-14-19(27)10-11-21(24)28/h10-11,13-15,18H,6-9,12,16H2,1-5H3,(H2,29,30,32). The number of urea groups is 1. The van der Waals surface area contributed by atoms with Crippen molar-refractivity contribution in [1.29, 1.82) is 0 Å². The topological polar surface area (TPSA) is 78.5 Å². The van der Waals surface area contributed by atoms with Gasteiger partial charge in [-0.3, -0.25) is 0 Å². The molecule has 1 atom stereocenters. The lowest BCUT2D eigenvalue weighted by molar-refractivity contribution is 0.256. The van der Waals surface area contributed by atoms with Crippen molar-refractivity contribution >= 4 is 50.6 Å². The van der Waals surface area contributed by atoms with Crippen molar-refractivity contribution in [3.63, 3.8) is 0 Å². The molecule has 1 aliphatic rings. The maximum Gasteiger partial charge on any atom is 0.333 e. The highest BCUT2D eigenvalue weighted by atomic mass is 35.5. The van der Waals surface area contributed by atoms with Gasteiger partial charge in [-0.15, -0.1) is 0 Å². The van der Waals surface area contributed by atoms with E-state index >= 15 is 0 Å². The Balaban J connectivity index is 1.84. The number of fused-ring (bicyclic) bond motifs is 1. The lowest BCUT2D eigenvalue weighted by atomic mass is 9.79. The Morgan fingerprint density at radius 1 is 1.14 bits per heavy atom. The average Bonchev–Trinajstić information content (AvgIpc) is 2.75. The molecule has 0 saturated carbocycles. The van der Waals surface area contributed by atoms with Crippen LogP contribution >= 0.6 is 23.2 Å². The second-order valence-electron chi connectivity index (χ2n) is 9.99. The summed E-state index contributed by atoms with van der Waals surface area (Å²) in [6, 6.07) is 7.29. The zero-order valence-corrected chi connectivity index (χ0v) is 23.4. The Bertz CT molecular complexity index is 1200. The molecule has 1 heterocycles. The van der Waals surface area contributed by atoms with E-state index in [1.807, 2.05) is 17.7 Å². The fourth-order valence-electron chi connectivity index (χ4n) is 4.90. The molecular weight excluding hydrogens is 505 g/mol. The van der Waals surface area contributed by atoms with Gasteiger partial charge in [0.25, 0.3) is 10.0 Å². The molecule has 2 amide bonds. The highest BCUT2D eigenvalue weighted by molar-refractivity contribution is 7.90. The fourth-order valence-corrected chi connectivity index (χ4v) is 6.57. The second kappa shape index (κ2) is 11.0. The SMILES string of the molecule is CCCCCCN1c2cc(C)c(NC(=O)NS(=O)(=O)c3cc(Cl)ccc3Cl)cc2C(C)CC1(C)C. The van der Waals surface area contributed by atoms with Gasteiger partial charge in [0.15, 0.2) is 0 Å². The molecule has 35 heavy (non-hydrogen) atoms. The van der Waals surface area contributed by atoms with Crippen LogP contribution in [0.15, 0.2) is 35.2 Å². The number of carbonyl (C=O) groups is 1. The number of unbranched alkanes of at least 4 members (excludes halogenated alkanes) is 3. The average molecular weight is 541 g/mol. The van der Waals surface area contributed by atoms with Crippen molar-refractivity contribution in [1.82, 2.24) is 4.72 Å². The zero-order chi connectivity index (χ0) is 26.0. The largest absolute Gasteiger partial charge is 0.366 e. The molecule has 0 fully saturated rings. The van der Waals surface area contributed by atoms with E-state index in [0.29, 0.717) is 11.6 Å². The summed E-state index contributed by atoms with van der Waals surface area (Å²) in [6.07, 6.45) is 5.77. The van der Waals surface area contributed by atoms with E-state index in [0.717, 1.165) is 30.5 Å². The van der Waals surface area contributed by atoms with Crippen LogP contribution in [0.2, 0.25) is 10.0 Å². The van der Waals surface area contributed by atoms with Crippen molar-refractivity contribution < 1.29 is 13.2 Å². The Morgan fingerprint density at radius 2 is 1.86 bits per heavy atom. The van der Waals surface area contributed by atoms with Gasteiger partial charge in [-0.2, -0.15) is 0 Å². The number of anilines is 2. The first-order valence-corrected chi connectivity index (χ1v) is 14.3. The number of halogens is 2. The lowest BCUT2D eigenvalue weighted by Crippen LogP contribution is -2.48. The van der Waals surface area contributed by atoms with E-state index in [1.54, 1.807) is 0 Å². The third-order valence-corrected chi connectivity index (χ3v) is 8.67. The summed E-state index contributed by atoms with van der Waals surface area (Å²) in [5.74, 6) is 0.296. The highest BCUT2D eigenvalue weighted by Crippen LogP contribution is 2.45. The number of sulfonamides is 1. The molecule has 192 valence electrons. The van der Waals surface area contributed by atoms with E-state index in [9.17, 15) is 13.2 Å². The summed E-state index contributed by atoms with van der Waals surface area (Å²) in [4.78, 5) is 14.9. The van der Waals surface area contributed by atoms with Gasteiger partial charge in [0.2, 0.25) is 0 Å². The minimum Gasteiger partial charge on any atom is -0.366 e. The van der Waals surface area contributed by atoms with Crippen molar-refractivity contribution in [3.05, 3.63) is 51.5 Å². The van der Waals surface area contributed by atoms with Crippen LogP contribution in [0, 0.1) is 6.92 Å². The number of hydrogen-bond donors (Lipinski definition) is 2. The Kier molecular flexibility index (Phi) is 8.66. The highest BCUT2D eigenvalue weighted by Gasteiger charge is 2.36. The fraction of sp³-hybridized carbons (Fsp3) is 0.500. The van der Waals surface area contributed by atoms with Gasteiger partial charge in [0.1, 0.15) is 4.90 Å². The first-order chi connectivity index (χ1) is 16.4. The number of amides is 2. The minimum absolute atomic E-state index is 0.0184.